The number of aromatic nitrogens is 3. The molecule has 2 heterocycles. The summed E-state index contributed by atoms with van der Waals surface area (Å²) in [5, 5.41) is 13.1. The maximum absolute atomic E-state index is 11.1. The first kappa shape index (κ1) is 13.1. The Bertz CT molecular complexity index is 796. The fourth-order valence-electron chi connectivity index (χ4n) is 2.08. The van der Waals surface area contributed by atoms with Crippen LogP contribution in [0.2, 0.25) is 0 Å². The molecule has 0 aliphatic rings. The van der Waals surface area contributed by atoms with Crippen molar-refractivity contribution < 1.29 is 14.3 Å². The summed E-state index contributed by atoms with van der Waals surface area (Å²) in [5.74, 6) is -0.616. The number of para-hydroxylation sites is 2. The van der Waals surface area contributed by atoms with Crippen LogP contribution in [0.25, 0.3) is 22.7 Å². The minimum Gasteiger partial charge on any atom is -0.481 e. The third-order valence-electron chi connectivity index (χ3n) is 2.98. The third kappa shape index (κ3) is 2.84. The molecule has 21 heavy (non-hydrogen) atoms. The number of nitrogens with zero attached hydrogens (tertiary/aromatic N) is 3. The molecule has 0 atom stereocenters. The average Bonchev–Trinajstić information content (AvgIpc) is 3.03. The molecule has 106 valence electrons. The topological polar surface area (TPSA) is 81.2 Å². The van der Waals surface area contributed by atoms with E-state index in [1.165, 1.54) is 0 Å². The van der Waals surface area contributed by atoms with Gasteiger partial charge >= 0.3 is 5.97 Å². The smallest absolute Gasteiger partial charge is 0.308 e. The highest BCUT2D eigenvalue weighted by Gasteiger charge is 2.14. The Balaban J connectivity index is 2.06. The van der Waals surface area contributed by atoms with E-state index in [1.807, 2.05) is 18.2 Å². The minimum atomic E-state index is -0.938. The molecule has 3 rings (SSSR count). The van der Waals surface area contributed by atoms with Gasteiger partial charge in [0.15, 0.2) is 5.58 Å². The van der Waals surface area contributed by atoms with Gasteiger partial charge in [0, 0.05) is 24.4 Å². The van der Waals surface area contributed by atoms with Crippen molar-refractivity contribution in [3.05, 3.63) is 48.1 Å². The van der Waals surface area contributed by atoms with E-state index in [1.54, 1.807) is 36.3 Å². The molecule has 0 saturated carbocycles. The number of hydrogen-bond acceptors (Lipinski definition) is 4. The van der Waals surface area contributed by atoms with Crippen LogP contribution in [0.5, 0.6) is 0 Å². The van der Waals surface area contributed by atoms with E-state index in [0.717, 1.165) is 5.56 Å². The lowest BCUT2D eigenvalue weighted by Gasteiger charge is -1.98. The first-order chi connectivity index (χ1) is 10.1. The Hall–Kier alpha value is -2.89. The molecule has 1 N–H and O–H groups in total. The van der Waals surface area contributed by atoms with Gasteiger partial charge in [-0.05, 0) is 18.2 Å². The summed E-state index contributed by atoms with van der Waals surface area (Å²) in [7, 11) is 1.80. The standard InChI is InChI=1S/C15H13N3O3/c1-18-9-10(8-16-18)6-11(7-14(19)20)15-17-12-4-2-3-5-13(12)21-15/h2-6,8-9H,7H2,1H3,(H,19,20)/b11-6-. The summed E-state index contributed by atoms with van der Waals surface area (Å²) >= 11 is 0. The number of carbonyl (C=O) groups is 1. The van der Waals surface area contributed by atoms with Gasteiger partial charge in [-0.3, -0.25) is 9.48 Å². The zero-order valence-electron chi connectivity index (χ0n) is 11.4. The second kappa shape index (κ2) is 5.24. The minimum absolute atomic E-state index is 0.165. The van der Waals surface area contributed by atoms with Crippen molar-refractivity contribution in [2.24, 2.45) is 7.05 Å². The number of aryl methyl sites for hydroxylation is 1. The summed E-state index contributed by atoms with van der Waals surface area (Å²) in [4.78, 5) is 15.4. The Morgan fingerprint density at radius 2 is 2.24 bits per heavy atom. The summed E-state index contributed by atoms with van der Waals surface area (Å²) in [5.41, 5.74) is 2.65. The van der Waals surface area contributed by atoms with Crippen molar-refractivity contribution >= 4 is 28.7 Å². The van der Waals surface area contributed by atoms with Gasteiger partial charge < -0.3 is 9.52 Å². The molecule has 0 bridgehead atoms. The van der Waals surface area contributed by atoms with Crippen molar-refractivity contribution in [2.75, 3.05) is 0 Å². The molecule has 0 aliphatic heterocycles. The van der Waals surface area contributed by atoms with Crippen LogP contribution < -0.4 is 0 Å². The molecular formula is C15H13N3O3. The normalized spacial score (nSPS) is 12.0. The fourth-order valence-corrected chi connectivity index (χ4v) is 2.08. The Kier molecular flexibility index (Phi) is 3.27. The molecule has 0 fully saturated rings. The number of hydrogen-bond donors (Lipinski definition) is 1. The first-order valence-corrected chi connectivity index (χ1v) is 6.39. The van der Waals surface area contributed by atoms with Crippen molar-refractivity contribution in [1.29, 1.82) is 0 Å². The van der Waals surface area contributed by atoms with Crippen LogP contribution in [0.3, 0.4) is 0 Å². The molecule has 0 spiro atoms. The first-order valence-electron chi connectivity index (χ1n) is 6.39. The van der Waals surface area contributed by atoms with Crippen molar-refractivity contribution in [3.8, 4) is 0 Å². The second-order valence-corrected chi connectivity index (χ2v) is 4.67. The zero-order valence-corrected chi connectivity index (χ0v) is 11.4. The number of carboxylic acid groups (broad SMARTS) is 1. The van der Waals surface area contributed by atoms with Gasteiger partial charge in [-0.15, -0.1) is 0 Å². The van der Waals surface area contributed by atoms with E-state index in [4.69, 9.17) is 9.52 Å². The maximum Gasteiger partial charge on any atom is 0.308 e. The number of rotatable bonds is 4. The fraction of sp³-hybridized carbons (Fsp3) is 0.133. The van der Waals surface area contributed by atoms with Crippen molar-refractivity contribution in [2.45, 2.75) is 6.42 Å². The lowest BCUT2D eigenvalue weighted by molar-refractivity contribution is -0.135. The van der Waals surface area contributed by atoms with Gasteiger partial charge in [0.2, 0.25) is 5.89 Å². The van der Waals surface area contributed by atoms with E-state index in [-0.39, 0.29) is 6.42 Å². The van der Waals surface area contributed by atoms with Crippen LogP contribution in [0, 0.1) is 0 Å². The number of aliphatic carboxylic acids is 1. The number of oxazole rings is 1. The predicted octanol–water partition coefficient (Wildman–Crippen LogP) is 2.58. The van der Waals surface area contributed by atoms with E-state index in [9.17, 15) is 4.79 Å². The average molecular weight is 283 g/mol. The van der Waals surface area contributed by atoms with Crippen LogP contribution in [0.4, 0.5) is 0 Å². The van der Waals surface area contributed by atoms with E-state index in [0.29, 0.717) is 22.6 Å². The van der Waals surface area contributed by atoms with Crippen LogP contribution in [-0.2, 0) is 11.8 Å². The summed E-state index contributed by atoms with van der Waals surface area (Å²) in [6, 6.07) is 7.33. The van der Waals surface area contributed by atoms with Crippen LogP contribution in [0.15, 0.2) is 41.1 Å². The van der Waals surface area contributed by atoms with Crippen LogP contribution in [-0.4, -0.2) is 25.8 Å². The van der Waals surface area contributed by atoms with E-state index >= 15 is 0 Å². The Morgan fingerprint density at radius 3 is 2.90 bits per heavy atom. The Morgan fingerprint density at radius 1 is 1.43 bits per heavy atom. The summed E-state index contributed by atoms with van der Waals surface area (Å²) in [6.45, 7) is 0. The van der Waals surface area contributed by atoms with Crippen LogP contribution >= 0.6 is 0 Å². The van der Waals surface area contributed by atoms with Gasteiger partial charge in [-0.1, -0.05) is 12.1 Å². The molecule has 6 nitrogen and oxygen atoms in total. The lowest BCUT2D eigenvalue weighted by Crippen LogP contribution is -1.97. The highest BCUT2D eigenvalue weighted by Crippen LogP contribution is 2.25. The molecule has 6 heteroatoms. The van der Waals surface area contributed by atoms with E-state index < -0.39 is 5.97 Å². The molecule has 0 saturated heterocycles. The molecule has 0 amide bonds. The maximum atomic E-state index is 11.1. The number of benzene rings is 1. The third-order valence-corrected chi connectivity index (χ3v) is 2.98. The monoisotopic (exact) mass is 283 g/mol. The van der Waals surface area contributed by atoms with Gasteiger partial charge in [0.25, 0.3) is 0 Å². The molecule has 1 aromatic carbocycles. The molecule has 0 aliphatic carbocycles. The SMILES string of the molecule is Cn1cc(/C=C(/CC(=O)O)c2nc3ccccc3o2)cn1. The molecule has 0 radical (unpaired) electrons. The Labute approximate surface area is 120 Å². The predicted molar refractivity (Wildman–Crippen MR) is 77.3 cm³/mol. The molecule has 0 unspecified atom stereocenters. The van der Waals surface area contributed by atoms with Crippen LogP contribution in [0.1, 0.15) is 17.9 Å². The van der Waals surface area contributed by atoms with Gasteiger partial charge in [0.05, 0.1) is 12.6 Å². The van der Waals surface area contributed by atoms with Crippen molar-refractivity contribution in [1.82, 2.24) is 14.8 Å². The summed E-state index contributed by atoms with van der Waals surface area (Å²) in [6.07, 6.45) is 5.02. The van der Waals surface area contributed by atoms with E-state index in [2.05, 4.69) is 10.1 Å². The zero-order chi connectivity index (χ0) is 14.8. The molecular weight excluding hydrogens is 270 g/mol. The highest BCUT2D eigenvalue weighted by molar-refractivity contribution is 5.90. The quantitative estimate of drug-likeness (QED) is 0.795. The largest absolute Gasteiger partial charge is 0.481 e. The lowest BCUT2D eigenvalue weighted by atomic mass is 10.1. The van der Waals surface area contributed by atoms with Crippen molar-refractivity contribution in [3.63, 3.8) is 0 Å². The highest BCUT2D eigenvalue weighted by atomic mass is 16.4. The van der Waals surface area contributed by atoms with Gasteiger partial charge in [-0.2, -0.15) is 5.10 Å². The molecule has 2 aromatic heterocycles. The number of carboxylic acids is 1. The summed E-state index contributed by atoms with van der Waals surface area (Å²) < 4.78 is 7.29. The number of fused-ring (bicyclic) bond motifs is 1. The van der Waals surface area contributed by atoms with Gasteiger partial charge in [-0.25, -0.2) is 4.98 Å². The second-order valence-electron chi connectivity index (χ2n) is 4.67. The van der Waals surface area contributed by atoms with Gasteiger partial charge in [0.1, 0.15) is 5.52 Å². The molecule has 3 aromatic rings.